The number of methoxy groups -OCH3 is 1. The van der Waals surface area contributed by atoms with Gasteiger partial charge < -0.3 is 14.8 Å². The molecular formula is C25H19BrCl2N2O4. The molecule has 1 heterocycles. The Morgan fingerprint density at radius 1 is 1.06 bits per heavy atom. The van der Waals surface area contributed by atoms with Crippen LogP contribution in [0.4, 0.5) is 4.79 Å². The van der Waals surface area contributed by atoms with E-state index < -0.39 is 11.9 Å². The lowest BCUT2D eigenvalue weighted by atomic mass is 10.1. The minimum Gasteiger partial charge on any atom is -0.493 e. The lowest BCUT2D eigenvalue weighted by Gasteiger charge is -2.14. The minimum atomic E-state index is -0.467. The van der Waals surface area contributed by atoms with Gasteiger partial charge in [-0.1, -0.05) is 59.6 Å². The quantitative estimate of drug-likeness (QED) is 0.266. The molecule has 3 amide bonds. The maximum Gasteiger partial charge on any atom is 0.329 e. The number of nitrogens with zero attached hydrogens (tertiary/aromatic N) is 1. The number of imide groups is 1. The molecule has 0 aliphatic carbocycles. The van der Waals surface area contributed by atoms with Crippen LogP contribution in [0.1, 0.15) is 16.7 Å². The summed E-state index contributed by atoms with van der Waals surface area (Å²) < 4.78 is 12.1. The first kappa shape index (κ1) is 24.1. The molecule has 1 aliphatic heterocycles. The predicted octanol–water partition coefficient (Wildman–Crippen LogP) is 6.44. The van der Waals surface area contributed by atoms with Gasteiger partial charge in [0.25, 0.3) is 5.91 Å². The average Bonchev–Trinajstić information content (AvgIpc) is 3.07. The van der Waals surface area contributed by atoms with Crippen molar-refractivity contribution in [3.63, 3.8) is 0 Å². The van der Waals surface area contributed by atoms with Crippen LogP contribution >= 0.6 is 39.1 Å². The molecule has 0 saturated carbocycles. The number of rotatable bonds is 7. The number of carbonyl (C=O) groups is 2. The van der Waals surface area contributed by atoms with Crippen molar-refractivity contribution in [2.45, 2.75) is 13.2 Å². The summed E-state index contributed by atoms with van der Waals surface area (Å²) in [7, 11) is 1.52. The summed E-state index contributed by atoms with van der Waals surface area (Å²) in [5.74, 6) is 0.522. The van der Waals surface area contributed by atoms with Gasteiger partial charge in [0.05, 0.1) is 18.1 Å². The van der Waals surface area contributed by atoms with E-state index in [9.17, 15) is 9.59 Å². The van der Waals surface area contributed by atoms with Gasteiger partial charge in [0.2, 0.25) is 0 Å². The molecule has 6 nitrogen and oxygen atoms in total. The second kappa shape index (κ2) is 10.5. The van der Waals surface area contributed by atoms with Crippen molar-refractivity contribution in [3.8, 4) is 11.5 Å². The Morgan fingerprint density at radius 2 is 1.82 bits per heavy atom. The summed E-state index contributed by atoms with van der Waals surface area (Å²) in [6.07, 6.45) is 1.60. The molecule has 0 spiro atoms. The van der Waals surface area contributed by atoms with Gasteiger partial charge in [0.15, 0.2) is 11.5 Å². The van der Waals surface area contributed by atoms with E-state index in [0.29, 0.717) is 31.6 Å². The van der Waals surface area contributed by atoms with Gasteiger partial charge in [-0.25, -0.2) is 4.79 Å². The third kappa shape index (κ3) is 5.38. The normalized spacial score (nSPS) is 14.5. The number of hydrogen-bond donors (Lipinski definition) is 1. The molecule has 0 unspecified atom stereocenters. The molecule has 9 heteroatoms. The molecule has 3 aromatic rings. The zero-order chi connectivity index (χ0) is 24.2. The summed E-state index contributed by atoms with van der Waals surface area (Å²) in [5.41, 5.74) is 2.45. The maximum atomic E-state index is 12.8. The number of urea groups is 1. The van der Waals surface area contributed by atoms with Crippen LogP contribution in [0, 0.1) is 0 Å². The van der Waals surface area contributed by atoms with Crippen LogP contribution in [-0.4, -0.2) is 23.9 Å². The smallest absolute Gasteiger partial charge is 0.329 e. The molecule has 174 valence electrons. The molecule has 4 rings (SSSR count). The van der Waals surface area contributed by atoms with Gasteiger partial charge in [-0.3, -0.25) is 9.69 Å². The molecule has 1 aliphatic rings. The van der Waals surface area contributed by atoms with E-state index in [2.05, 4.69) is 21.2 Å². The highest BCUT2D eigenvalue weighted by Gasteiger charge is 2.33. The highest BCUT2D eigenvalue weighted by atomic mass is 79.9. The second-order valence-corrected chi connectivity index (χ2v) is 9.12. The van der Waals surface area contributed by atoms with Crippen molar-refractivity contribution in [1.29, 1.82) is 0 Å². The minimum absolute atomic E-state index is 0.177. The van der Waals surface area contributed by atoms with E-state index in [1.807, 2.05) is 30.3 Å². The average molecular weight is 562 g/mol. The zero-order valence-electron chi connectivity index (χ0n) is 18.0. The van der Waals surface area contributed by atoms with Gasteiger partial charge in [-0.05, 0) is 57.4 Å². The molecule has 1 fully saturated rings. The molecule has 0 bridgehead atoms. The standard InChI is InChI=1S/C25H19BrCl2N2O4/c1-33-22-11-16(9-19(26)23(22)34-14-17-7-8-18(27)12-20(17)28)10-21-24(31)30(25(32)29-21)13-15-5-3-2-4-6-15/h2-12H,13-14H2,1H3,(H,29,32)/b21-10+. The van der Waals surface area contributed by atoms with Crippen molar-refractivity contribution in [2.24, 2.45) is 0 Å². The van der Waals surface area contributed by atoms with Gasteiger partial charge in [-0.2, -0.15) is 0 Å². The lowest BCUT2D eigenvalue weighted by Crippen LogP contribution is -2.30. The van der Waals surface area contributed by atoms with Crippen LogP contribution < -0.4 is 14.8 Å². The molecule has 1 saturated heterocycles. The molecule has 0 radical (unpaired) electrons. The third-order valence-corrected chi connectivity index (χ3v) is 6.27. The fourth-order valence-electron chi connectivity index (χ4n) is 3.40. The van der Waals surface area contributed by atoms with Gasteiger partial charge in [0, 0.05) is 15.6 Å². The van der Waals surface area contributed by atoms with Crippen LogP contribution in [0.3, 0.4) is 0 Å². The number of amides is 3. The summed E-state index contributed by atoms with van der Waals surface area (Å²) in [6, 6.07) is 17.5. The molecule has 34 heavy (non-hydrogen) atoms. The number of hydrogen-bond acceptors (Lipinski definition) is 4. The third-order valence-electron chi connectivity index (χ3n) is 5.10. The second-order valence-electron chi connectivity index (χ2n) is 7.42. The first-order valence-electron chi connectivity index (χ1n) is 10.2. The Kier molecular flexibility index (Phi) is 7.46. The fourth-order valence-corrected chi connectivity index (χ4v) is 4.44. The first-order valence-corrected chi connectivity index (χ1v) is 11.7. The Labute approximate surface area is 215 Å². The maximum absolute atomic E-state index is 12.8. The van der Waals surface area contributed by atoms with Gasteiger partial charge >= 0.3 is 6.03 Å². The highest BCUT2D eigenvalue weighted by Crippen LogP contribution is 2.38. The van der Waals surface area contributed by atoms with E-state index in [4.69, 9.17) is 32.7 Å². The van der Waals surface area contributed by atoms with Crippen LogP contribution in [0.15, 0.2) is 70.8 Å². The Morgan fingerprint density at radius 3 is 2.53 bits per heavy atom. The van der Waals surface area contributed by atoms with Crippen molar-refractivity contribution < 1.29 is 19.1 Å². The zero-order valence-corrected chi connectivity index (χ0v) is 21.1. The molecule has 0 atom stereocenters. The Bertz CT molecular complexity index is 1280. The van der Waals surface area contributed by atoms with E-state index in [0.717, 1.165) is 11.1 Å². The largest absolute Gasteiger partial charge is 0.493 e. The molecular weight excluding hydrogens is 543 g/mol. The Balaban J connectivity index is 1.54. The predicted molar refractivity (Wildman–Crippen MR) is 135 cm³/mol. The number of benzene rings is 3. The van der Waals surface area contributed by atoms with E-state index in [1.54, 1.807) is 36.4 Å². The number of ether oxygens (including phenoxy) is 2. The van der Waals surface area contributed by atoms with Gasteiger partial charge in [-0.15, -0.1) is 0 Å². The summed E-state index contributed by atoms with van der Waals surface area (Å²) in [4.78, 5) is 26.4. The topological polar surface area (TPSA) is 67.9 Å². The van der Waals surface area contributed by atoms with Crippen molar-refractivity contribution >= 4 is 57.1 Å². The summed E-state index contributed by atoms with van der Waals surface area (Å²) in [6.45, 7) is 0.393. The van der Waals surface area contributed by atoms with Crippen molar-refractivity contribution in [3.05, 3.63) is 97.6 Å². The fraction of sp³-hybridized carbons (Fsp3) is 0.120. The highest BCUT2D eigenvalue weighted by molar-refractivity contribution is 9.10. The van der Waals surface area contributed by atoms with Crippen molar-refractivity contribution in [2.75, 3.05) is 7.11 Å². The first-order chi connectivity index (χ1) is 16.4. The van der Waals surface area contributed by atoms with Crippen LogP contribution in [0.25, 0.3) is 6.08 Å². The number of carbonyl (C=O) groups excluding carboxylic acids is 2. The van der Waals surface area contributed by atoms with E-state index >= 15 is 0 Å². The van der Waals surface area contributed by atoms with Gasteiger partial charge in [0.1, 0.15) is 12.3 Å². The summed E-state index contributed by atoms with van der Waals surface area (Å²) in [5, 5.41) is 3.68. The molecule has 3 aromatic carbocycles. The number of halogens is 3. The lowest BCUT2D eigenvalue weighted by molar-refractivity contribution is -0.123. The monoisotopic (exact) mass is 560 g/mol. The SMILES string of the molecule is COc1cc(/C=C2/NC(=O)N(Cc3ccccc3)C2=O)cc(Br)c1OCc1ccc(Cl)cc1Cl. The van der Waals surface area contributed by atoms with Crippen LogP contribution in [0.5, 0.6) is 11.5 Å². The van der Waals surface area contributed by atoms with Crippen LogP contribution in [-0.2, 0) is 17.9 Å². The summed E-state index contributed by atoms with van der Waals surface area (Å²) >= 11 is 15.7. The molecule has 1 N–H and O–H groups in total. The molecule has 0 aromatic heterocycles. The van der Waals surface area contributed by atoms with Crippen LogP contribution in [0.2, 0.25) is 10.0 Å². The van der Waals surface area contributed by atoms with E-state index in [-0.39, 0.29) is 18.8 Å². The Hall–Kier alpha value is -3.00. The van der Waals surface area contributed by atoms with Crippen molar-refractivity contribution in [1.82, 2.24) is 10.2 Å². The number of nitrogens with one attached hydrogen (secondary N) is 1. The van der Waals surface area contributed by atoms with E-state index in [1.165, 1.54) is 12.0 Å².